The Morgan fingerprint density at radius 2 is 0.707 bits per heavy atom. The molecule has 0 atom stereocenters. The van der Waals surface area contributed by atoms with E-state index in [2.05, 4.69) is 111 Å². The second kappa shape index (κ2) is 10.3. The molecular formula is C36H24N4Zn+2. The zero-order valence-corrected chi connectivity index (χ0v) is 25.3. The normalized spacial score (nSPS) is 12.0. The molecule has 4 nitrogen and oxygen atoms in total. The van der Waals surface area contributed by atoms with Crippen molar-refractivity contribution >= 4 is 78.7 Å². The van der Waals surface area contributed by atoms with Crippen LogP contribution in [0.25, 0.3) is 78.7 Å². The Morgan fingerprint density at radius 1 is 0.366 bits per heavy atom. The molecule has 5 heteroatoms. The van der Waals surface area contributed by atoms with E-state index in [1.807, 2.05) is 42.5 Å². The molecule has 0 amide bonds. The fourth-order valence-corrected chi connectivity index (χ4v) is 5.61. The summed E-state index contributed by atoms with van der Waals surface area (Å²) in [5, 5.41) is 8.14. The van der Waals surface area contributed by atoms with Crippen molar-refractivity contribution in [2.75, 3.05) is 0 Å². The SMILES string of the molecule is C1=Cc2cc3ccc(cc4ccc(cc5nc(cc1n2)C=C5)[nH]4)[nH]3.[Zn+2].c1cc2ccc3cccc4ccc(c1)c2c34. The van der Waals surface area contributed by atoms with Gasteiger partial charge in [-0.15, -0.1) is 0 Å². The Labute approximate surface area is 249 Å². The molecule has 5 heterocycles. The first-order valence-corrected chi connectivity index (χ1v) is 13.4. The summed E-state index contributed by atoms with van der Waals surface area (Å²) in [6.07, 6.45) is 8.05. The van der Waals surface area contributed by atoms with Crippen LogP contribution in [0.3, 0.4) is 0 Å². The van der Waals surface area contributed by atoms with Gasteiger partial charge in [-0.2, -0.15) is 0 Å². The van der Waals surface area contributed by atoms with Gasteiger partial charge in [-0.3, -0.25) is 0 Å². The number of H-pyrrole nitrogens is 2. The quantitative estimate of drug-likeness (QED) is 0.139. The first kappa shape index (κ1) is 25.1. The van der Waals surface area contributed by atoms with Crippen molar-refractivity contribution in [1.29, 1.82) is 0 Å². The fraction of sp³-hybridized carbons (Fsp3) is 0. The summed E-state index contributed by atoms with van der Waals surface area (Å²) in [5.74, 6) is 0. The topological polar surface area (TPSA) is 57.4 Å². The van der Waals surface area contributed by atoms with Gasteiger partial charge in [-0.1, -0.05) is 60.7 Å². The molecule has 0 unspecified atom stereocenters. The zero-order chi connectivity index (χ0) is 26.5. The van der Waals surface area contributed by atoms with Gasteiger partial charge in [0, 0.05) is 22.1 Å². The molecule has 3 aromatic heterocycles. The van der Waals surface area contributed by atoms with Crippen molar-refractivity contribution in [2.45, 2.75) is 0 Å². The molecule has 2 aliphatic rings. The van der Waals surface area contributed by atoms with Crippen LogP contribution in [0, 0.1) is 0 Å². The fourth-order valence-electron chi connectivity index (χ4n) is 5.61. The number of fused-ring (bicyclic) bond motifs is 8. The molecule has 2 aliphatic heterocycles. The minimum atomic E-state index is 0. The molecule has 7 aromatic rings. The maximum atomic E-state index is 4.62. The summed E-state index contributed by atoms with van der Waals surface area (Å²) in [5.41, 5.74) is 7.86. The van der Waals surface area contributed by atoms with Gasteiger partial charge in [0.1, 0.15) is 0 Å². The van der Waals surface area contributed by atoms with Gasteiger partial charge in [0.2, 0.25) is 0 Å². The second-order valence-electron chi connectivity index (χ2n) is 10.2. The number of rotatable bonds is 0. The number of benzene rings is 4. The van der Waals surface area contributed by atoms with Crippen LogP contribution in [0.4, 0.5) is 0 Å². The van der Waals surface area contributed by atoms with Crippen molar-refractivity contribution in [3.63, 3.8) is 0 Å². The standard InChI is InChI=1S/C20H14N4.C16H10.Zn/c1-2-14-10-16-5-6-18(23-16)12-20-8-7-19(24-20)11-17-4-3-15(22-17)9-13(1)21-14;1-3-11-7-9-13-5-2-6-14-10-8-12(4-1)15(11)16(13)14;/h1-12,21-22H;1-10H;/q;;+2. The van der Waals surface area contributed by atoms with E-state index in [-0.39, 0.29) is 19.5 Å². The molecule has 0 fully saturated rings. The van der Waals surface area contributed by atoms with Crippen LogP contribution in [-0.4, -0.2) is 19.9 Å². The predicted molar refractivity (Wildman–Crippen MR) is 169 cm³/mol. The number of nitrogens with one attached hydrogen (secondary N) is 2. The molecule has 2 N–H and O–H groups in total. The third kappa shape index (κ3) is 4.86. The molecule has 0 saturated carbocycles. The first-order valence-electron chi connectivity index (χ1n) is 13.4. The number of hydrogen-bond donors (Lipinski definition) is 2. The van der Waals surface area contributed by atoms with Crippen LogP contribution in [-0.2, 0) is 19.5 Å². The molecular weight excluding hydrogens is 554 g/mol. The van der Waals surface area contributed by atoms with E-state index in [9.17, 15) is 0 Å². The Balaban J connectivity index is 0.000000141. The predicted octanol–water partition coefficient (Wildman–Crippen LogP) is 9.24. The zero-order valence-electron chi connectivity index (χ0n) is 22.3. The van der Waals surface area contributed by atoms with Gasteiger partial charge >= 0.3 is 19.5 Å². The number of aromatic nitrogens is 4. The minimum absolute atomic E-state index is 0. The molecule has 0 spiro atoms. The van der Waals surface area contributed by atoms with Gasteiger partial charge in [0.05, 0.1) is 22.8 Å². The Hall–Kier alpha value is -4.86. The van der Waals surface area contributed by atoms with Crippen LogP contribution in [0.1, 0.15) is 22.8 Å². The van der Waals surface area contributed by atoms with Gasteiger partial charge in [-0.25, -0.2) is 9.97 Å². The largest absolute Gasteiger partial charge is 2.00 e. The molecule has 8 bridgehead atoms. The molecule has 0 radical (unpaired) electrons. The summed E-state index contributed by atoms with van der Waals surface area (Å²) in [6.45, 7) is 0. The van der Waals surface area contributed by atoms with Crippen LogP contribution in [0.5, 0.6) is 0 Å². The van der Waals surface area contributed by atoms with Crippen LogP contribution >= 0.6 is 0 Å². The maximum absolute atomic E-state index is 4.62. The summed E-state index contributed by atoms with van der Waals surface area (Å²) < 4.78 is 0. The van der Waals surface area contributed by atoms with Crippen molar-refractivity contribution < 1.29 is 19.5 Å². The van der Waals surface area contributed by atoms with Crippen molar-refractivity contribution in [3.8, 4) is 0 Å². The van der Waals surface area contributed by atoms with Gasteiger partial charge in [-0.05, 0) is 105 Å². The maximum Gasteiger partial charge on any atom is 2.00 e. The smallest absolute Gasteiger partial charge is 0.355 e. The van der Waals surface area contributed by atoms with E-state index >= 15 is 0 Å². The van der Waals surface area contributed by atoms with Crippen molar-refractivity contribution in [3.05, 3.63) is 132 Å². The molecule has 4 aromatic carbocycles. The Morgan fingerprint density at radius 3 is 1.10 bits per heavy atom. The van der Waals surface area contributed by atoms with E-state index in [4.69, 9.17) is 0 Å². The molecule has 0 aliphatic carbocycles. The van der Waals surface area contributed by atoms with Crippen LogP contribution in [0.2, 0.25) is 0 Å². The van der Waals surface area contributed by atoms with Crippen molar-refractivity contribution in [1.82, 2.24) is 19.9 Å². The number of aromatic amines is 2. The average Bonchev–Trinajstić information content (AvgIpc) is 3.79. The second-order valence-corrected chi connectivity index (χ2v) is 10.2. The third-order valence-corrected chi connectivity index (χ3v) is 7.43. The van der Waals surface area contributed by atoms with Crippen LogP contribution < -0.4 is 0 Å². The van der Waals surface area contributed by atoms with E-state index < -0.39 is 0 Å². The molecule has 41 heavy (non-hydrogen) atoms. The summed E-state index contributed by atoms with van der Waals surface area (Å²) in [7, 11) is 0. The Bertz CT molecular complexity index is 2070. The molecule has 0 saturated heterocycles. The summed E-state index contributed by atoms with van der Waals surface area (Å²) >= 11 is 0. The summed E-state index contributed by atoms with van der Waals surface area (Å²) in [4.78, 5) is 16.0. The van der Waals surface area contributed by atoms with Gasteiger partial charge < -0.3 is 9.97 Å². The van der Waals surface area contributed by atoms with Crippen LogP contribution in [0.15, 0.2) is 109 Å². The van der Waals surface area contributed by atoms with E-state index in [0.717, 1.165) is 44.8 Å². The summed E-state index contributed by atoms with van der Waals surface area (Å²) in [6, 6.07) is 38.3. The van der Waals surface area contributed by atoms with E-state index in [0.29, 0.717) is 0 Å². The van der Waals surface area contributed by atoms with Gasteiger partial charge in [0.15, 0.2) is 0 Å². The number of nitrogens with zero attached hydrogens (tertiary/aromatic N) is 2. The monoisotopic (exact) mass is 576 g/mol. The first-order chi connectivity index (χ1) is 19.7. The van der Waals surface area contributed by atoms with Gasteiger partial charge in [0.25, 0.3) is 0 Å². The number of hydrogen-bond acceptors (Lipinski definition) is 2. The molecule has 9 rings (SSSR count). The van der Waals surface area contributed by atoms with E-state index in [1.54, 1.807) is 0 Å². The minimum Gasteiger partial charge on any atom is -0.355 e. The average molecular weight is 578 g/mol. The Kier molecular flexibility index (Phi) is 6.30. The van der Waals surface area contributed by atoms with E-state index in [1.165, 1.54) is 32.3 Å². The third-order valence-electron chi connectivity index (χ3n) is 7.43. The van der Waals surface area contributed by atoms with Crippen molar-refractivity contribution in [2.24, 2.45) is 0 Å². The molecule has 188 valence electrons.